The maximum absolute atomic E-state index is 13.9. The van der Waals surface area contributed by atoms with Crippen LogP contribution in [0.25, 0.3) is 10.9 Å². The summed E-state index contributed by atoms with van der Waals surface area (Å²) in [5.41, 5.74) is 2.56. The van der Waals surface area contributed by atoms with E-state index in [-0.39, 0.29) is 16.7 Å². The highest BCUT2D eigenvalue weighted by molar-refractivity contribution is 9.10. The summed E-state index contributed by atoms with van der Waals surface area (Å²) in [5, 5.41) is 22.5. The SMILES string of the molecule is Oc1c(N=NC(=S)Nc2ccc(Br)cc2)c2cc(F)ccc2n1Cc1ccccc1. The van der Waals surface area contributed by atoms with Gasteiger partial charge >= 0.3 is 0 Å². The Balaban J connectivity index is 1.66. The van der Waals surface area contributed by atoms with Crippen LogP contribution in [0.2, 0.25) is 0 Å². The fourth-order valence-electron chi connectivity index (χ4n) is 3.10. The van der Waals surface area contributed by atoms with E-state index in [1.165, 1.54) is 12.1 Å². The molecule has 0 aliphatic heterocycles. The number of thiocarbonyl (C=S) groups is 1. The van der Waals surface area contributed by atoms with Crippen molar-refractivity contribution in [2.24, 2.45) is 10.2 Å². The van der Waals surface area contributed by atoms with Crippen LogP contribution in [0.15, 0.2) is 87.5 Å². The Kier molecular flexibility index (Phi) is 5.87. The van der Waals surface area contributed by atoms with Gasteiger partial charge in [0.15, 0.2) is 5.69 Å². The van der Waals surface area contributed by atoms with Crippen molar-refractivity contribution in [3.05, 3.63) is 88.6 Å². The molecule has 1 aromatic heterocycles. The van der Waals surface area contributed by atoms with Gasteiger partial charge in [-0.25, -0.2) is 4.39 Å². The molecule has 0 bridgehead atoms. The third kappa shape index (κ3) is 4.39. The molecule has 0 amide bonds. The summed E-state index contributed by atoms with van der Waals surface area (Å²) < 4.78 is 16.5. The molecule has 2 N–H and O–H groups in total. The van der Waals surface area contributed by atoms with Gasteiger partial charge in [-0.15, -0.1) is 10.2 Å². The zero-order valence-corrected chi connectivity index (χ0v) is 18.0. The molecule has 0 aliphatic carbocycles. The first-order chi connectivity index (χ1) is 14.5. The van der Waals surface area contributed by atoms with Gasteiger partial charge < -0.3 is 15.0 Å². The number of nitrogens with one attached hydrogen (secondary N) is 1. The largest absolute Gasteiger partial charge is 0.493 e. The Morgan fingerprint density at radius 1 is 1.07 bits per heavy atom. The van der Waals surface area contributed by atoms with E-state index in [1.807, 2.05) is 54.6 Å². The molecule has 4 rings (SSSR count). The minimum atomic E-state index is -0.425. The molecule has 0 aliphatic rings. The van der Waals surface area contributed by atoms with Crippen LogP contribution in [-0.4, -0.2) is 14.8 Å². The van der Waals surface area contributed by atoms with Crippen LogP contribution in [-0.2, 0) is 6.54 Å². The normalized spacial score (nSPS) is 11.3. The van der Waals surface area contributed by atoms with Crippen molar-refractivity contribution in [1.82, 2.24) is 4.57 Å². The fourth-order valence-corrected chi connectivity index (χ4v) is 3.52. The quantitative estimate of drug-likeness (QED) is 0.249. The average molecular weight is 483 g/mol. The Morgan fingerprint density at radius 2 is 1.80 bits per heavy atom. The summed E-state index contributed by atoms with van der Waals surface area (Å²) in [5.74, 6) is -0.527. The lowest BCUT2D eigenvalue weighted by Crippen LogP contribution is -2.04. The van der Waals surface area contributed by atoms with Gasteiger partial charge in [-0.05, 0) is 60.2 Å². The second-order valence-electron chi connectivity index (χ2n) is 6.54. The maximum atomic E-state index is 13.9. The van der Waals surface area contributed by atoms with E-state index in [2.05, 4.69) is 31.5 Å². The van der Waals surface area contributed by atoms with Crippen LogP contribution in [0.1, 0.15) is 5.56 Å². The number of azo groups is 1. The van der Waals surface area contributed by atoms with Crippen LogP contribution >= 0.6 is 28.1 Å². The van der Waals surface area contributed by atoms with Gasteiger partial charge in [-0.3, -0.25) is 0 Å². The molecule has 0 spiro atoms. The summed E-state index contributed by atoms with van der Waals surface area (Å²) in [6.45, 7) is 0.409. The standard InChI is InChI=1S/C22H16BrFN4OS/c23-15-6-9-17(10-7-15)25-22(30)27-26-20-18-12-16(24)8-11-19(18)28(21(20)29)13-14-4-2-1-3-5-14/h1-12,29H,13H2,(H,25,30). The fraction of sp³-hybridized carbons (Fsp3) is 0.0455. The lowest BCUT2D eigenvalue weighted by atomic mass is 10.2. The first kappa shape index (κ1) is 20.2. The molecule has 3 aromatic carbocycles. The zero-order chi connectivity index (χ0) is 21.1. The van der Waals surface area contributed by atoms with E-state index in [1.54, 1.807) is 10.6 Å². The van der Waals surface area contributed by atoms with Gasteiger partial charge in [-0.2, -0.15) is 0 Å². The number of aromatic hydroxyl groups is 1. The van der Waals surface area contributed by atoms with Crippen molar-refractivity contribution < 1.29 is 9.50 Å². The molecule has 1 heterocycles. The Labute approximate surface area is 186 Å². The number of hydrogen-bond acceptors (Lipinski definition) is 3. The minimum absolute atomic E-state index is 0.102. The Hall–Kier alpha value is -3.10. The highest BCUT2D eigenvalue weighted by atomic mass is 79.9. The molecular formula is C22H16BrFN4OS. The van der Waals surface area contributed by atoms with Crippen LogP contribution in [0.3, 0.4) is 0 Å². The molecule has 0 saturated carbocycles. The van der Waals surface area contributed by atoms with E-state index in [4.69, 9.17) is 12.2 Å². The molecule has 0 unspecified atom stereocenters. The molecule has 0 atom stereocenters. The van der Waals surface area contributed by atoms with E-state index in [0.29, 0.717) is 17.4 Å². The number of benzene rings is 3. The number of fused-ring (bicyclic) bond motifs is 1. The molecule has 30 heavy (non-hydrogen) atoms. The summed E-state index contributed by atoms with van der Waals surface area (Å²) in [6, 6.07) is 21.4. The summed E-state index contributed by atoms with van der Waals surface area (Å²) in [7, 11) is 0. The molecule has 8 heteroatoms. The van der Waals surface area contributed by atoms with Crippen LogP contribution in [0.5, 0.6) is 5.88 Å². The number of halogens is 2. The van der Waals surface area contributed by atoms with Gasteiger partial charge in [0.1, 0.15) is 5.82 Å². The molecule has 150 valence electrons. The van der Waals surface area contributed by atoms with E-state index < -0.39 is 5.82 Å². The van der Waals surface area contributed by atoms with Gasteiger partial charge in [0.05, 0.1) is 12.1 Å². The van der Waals surface area contributed by atoms with Crippen molar-refractivity contribution in [2.45, 2.75) is 6.54 Å². The van der Waals surface area contributed by atoms with Crippen molar-refractivity contribution >= 4 is 55.5 Å². The molecule has 0 radical (unpaired) electrons. The van der Waals surface area contributed by atoms with Gasteiger partial charge in [0.25, 0.3) is 0 Å². The van der Waals surface area contributed by atoms with Crippen molar-refractivity contribution in [1.29, 1.82) is 0 Å². The second kappa shape index (κ2) is 8.73. The van der Waals surface area contributed by atoms with Gasteiger partial charge in [0.2, 0.25) is 11.0 Å². The zero-order valence-electron chi connectivity index (χ0n) is 15.6. The lowest BCUT2D eigenvalue weighted by Gasteiger charge is -2.07. The first-order valence-electron chi connectivity index (χ1n) is 9.04. The topological polar surface area (TPSA) is 61.9 Å². The van der Waals surface area contributed by atoms with Crippen molar-refractivity contribution in [2.75, 3.05) is 5.32 Å². The number of hydrogen-bond donors (Lipinski definition) is 2. The van der Waals surface area contributed by atoms with Gasteiger partial charge in [0, 0.05) is 15.5 Å². The van der Waals surface area contributed by atoms with Crippen LogP contribution in [0.4, 0.5) is 15.8 Å². The third-order valence-electron chi connectivity index (χ3n) is 4.49. The molecule has 4 aromatic rings. The van der Waals surface area contributed by atoms with Gasteiger partial charge in [-0.1, -0.05) is 46.3 Å². The summed E-state index contributed by atoms with van der Waals surface area (Å²) in [4.78, 5) is 0. The summed E-state index contributed by atoms with van der Waals surface area (Å²) >= 11 is 8.60. The van der Waals surface area contributed by atoms with Crippen LogP contribution in [0, 0.1) is 5.82 Å². The summed E-state index contributed by atoms with van der Waals surface area (Å²) in [6.07, 6.45) is 0. The minimum Gasteiger partial charge on any atom is -0.493 e. The molecule has 0 saturated heterocycles. The van der Waals surface area contributed by atoms with E-state index >= 15 is 0 Å². The predicted molar refractivity (Wildman–Crippen MR) is 124 cm³/mol. The Bertz CT molecular complexity index is 1240. The third-order valence-corrected chi connectivity index (χ3v) is 5.20. The lowest BCUT2D eigenvalue weighted by molar-refractivity contribution is 0.429. The molecule has 0 fully saturated rings. The van der Waals surface area contributed by atoms with Crippen molar-refractivity contribution in [3.8, 4) is 5.88 Å². The highest BCUT2D eigenvalue weighted by Crippen LogP contribution is 2.39. The maximum Gasteiger partial charge on any atom is 0.221 e. The Morgan fingerprint density at radius 3 is 2.53 bits per heavy atom. The van der Waals surface area contributed by atoms with Crippen LogP contribution < -0.4 is 5.32 Å². The predicted octanol–water partition coefficient (Wildman–Crippen LogP) is 6.78. The molecule has 5 nitrogen and oxygen atoms in total. The monoisotopic (exact) mass is 482 g/mol. The van der Waals surface area contributed by atoms with Crippen molar-refractivity contribution in [3.63, 3.8) is 0 Å². The second-order valence-corrected chi connectivity index (χ2v) is 7.84. The smallest absolute Gasteiger partial charge is 0.221 e. The first-order valence-corrected chi connectivity index (χ1v) is 10.2. The van der Waals surface area contributed by atoms with E-state index in [0.717, 1.165) is 15.7 Å². The number of aromatic nitrogens is 1. The number of nitrogens with zero attached hydrogens (tertiary/aromatic N) is 3. The average Bonchev–Trinajstić information content (AvgIpc) is 2.99. The van der Waals surface area contributed by atoms with E-state index in [9.17, 15) is 9.50 Å². The highest BCUT2D eigenvalue weighted by Gasteiger charge is 2.18. The molecular weight excluding hydrogens is 467 g/mol. The number of anilines is 1. The number of rotatable bonds is 4.